The quantitative estimate of drug-likeness (QED) is 0.914. The van der Waals surface area contributed by atoms with Crippen LogP contribution in [0.4, 0.5) is 0 Å². The largest absolute Gasteiger partial charge is 0.486 e. The highest BCUT2D eigenvalue weighted by Gasteiger charge is 2.10. The number of carboxylic acid groups (broad SMARTS) is 1. The number of aromatic carboxylic acids is 1. The molecule has 2 rings (SSSR count). The molecule has 0 amide bonds. The highest BCUT2D eigenvalue weighted by molar-refractivity contribution is 5.90. The van der Waals surface area contributed by atoms with Gasteiger partial charge in [0.15, 0.2) is 5.75 Å². The molecule has 1 aromatic carbocycles. The number of carboxylic acids is 1. The van der Waals surface area contributed by atoms with Gasteiger partial charge >= 0.3 is 5.97 Å². The molecule has 1 aromatic heterocycles. The number of nitrogens with zero attached hydrogens (tertiary/aromatic N) is 1. The lowest BCUT2D eigenvalue weighted by molar-refractivity contribution is 0.0691. The Bertz CT molecular complexity index is 588. The number of ether oxygens (including phenoxy) is 1. The van der Waals surface area contributed by atoms with Gasteiger partial charge in [-0.25, -0.2) is 4.79 Å². The Kier molecular flexibility index (Phi) is 3.80. The van der Waals surface area contributed by atoms with Crippen molar-refractivity contribution in [3.63, 3.8) is 0 Å². The highest BCUT2D eigenvalue weighted by atomic mass is 16.5. The molecule has 0 aliphatic rings. The molecular formula is C15H15NO3. The van der Waals surface area contributed by atoms with Crippen LogP contribution in [0.5, 0.6) is 5.75 Å². The van der Waals surface area contributed by atoms with Gasteiger partial charge in [0.2, 0.25) is 0 Å². The third kappa shape index (κ3) is 3.31. The van der Waals surface area contributed by atoms with Crippen LogP contribution in [0.15, 0.2) is 36.7 Å². The second kappa shape index (κ2) is 5.52. The molecule has 1 N–H and O–H groups in total. The fraction of sp³-hybridized carbons (Fsp3) is 0.200. The molecule has 4 nitrogen and oxygen atoms in total. The Labute approximate surface area is 111 Å². The molecule has 4 heteroatoms. The predicted octanol–water partition coefficient (Wildman–Crippen LogP) is 2.98. The van der Waals surface area contributed by atoms with Crippen molar-refractivity contribution in [3.8, 4) is 5.75 Å². The van der Waals surface area contributed by atoms with Crippen LogP contribution in [-0.2, 0) is 6.61 Å². The summed E-state index contributed by atoms with van der Waals surface area (Å²) in [6.07, 6.45) is 2.86. The van der Waals surface area contributed by atoms with Gasteiger partial charge in [-0.15, -0.1) is 0 Å². The minimum atomic E-state index is -1.02. The number of pyridine rings is 1. The van der Waals surface area contributed by atoms with E-state index in [2.05, 4.69) is 11.1 Å². The Hall–Kier alpha value is -2.36. The Morgan fingerprint density at radius 2 is 1.95 bits per heavy atom. The summed E-state index contributed by atoms with van der Waals surface area (Å²) >= 11 is 0. The Morgan fingerprint density at radius 1 is 1.26 bits per heavy atom. The standard InChI is InChI=1S/C15H15NO3/c1-10-5-11(2)7-12(6-10)9-19-14-8-16-4-3-13(14)15(17)18/h3-8H,9H2,1-2H3,(H,17,18). The first kappa shape index (κ1) is 13.1. The second-order valence-electron chi connectivity index (χ2n) is 4.46. The summed E-state index contributed by atoms with van der Waals surface area (Å²) in [6.45, 7) is 4.36. The summed E-state index contributed by atoms with van der Waals surface area (Å²) in [7, 11) is 0. The van der Waals surface area contributed by atoms with Crippen molar-refractivity contribution in [2.45, 2.75) is 20.5 Å². The van der Waals surface area contributed by atoms with Crippen LogP contribution in [0.25, 0.3) is 0 Å². The van der Waals surface area contributed by atoms with Gasteiger partial charge in [-0.05, 0) is 25.5 Å². The molecule has 19 heavy (non-hydrogen) atoms. The van der Waals surface area contributed by atoms with E-state index in [1.165, 1.54) is 18.5 Å². The third-order valence-electron chi connectivity index (χ3n) is 2.69. The third-order valence-corrected chi connectivity index (χ3v) is 2.69. The van der Waals surface area contributed by atoms with Gasteiger partial charge in [-0.2, -0.15) is 0 Å². The number of aryl methyl sites for hydroxylation is 2. The van der Waals surface area contributed by atoms with Crippen molar-refractivity contribution in [1.29, 1.82) is 0 Å². The molecule has 1 heterocycles. The van der Waals surface area contributed by atoms with Crippen molar-refractivity contribution in [1.82, 2.24) is 4.98 Å². The number of benzene rings is 1. The number of rotatable bonds is 4. The van der Waals surface area contributed by atoms with Crippen LogP contribution in [-0.4, -0.2) is 16.1 Å². The maximum Gasteiger partial charge on any atom is 0.339 e. The Balaban J connectivity index is 2.16. The number of hydrogen-bond acceptors (Lipinski definition) is 3. The molecule has 98 valence electrons. The zero-order valence-corrected chi connectivity index (χ0v) is 10.9. The summed E-state index contributed by atoms with van der Waals surface area (Å²) in [4.78, 5) is 14.9. The molecule has 0 saturated carbocycles. The van der Waals surface area contributed by atoms with Gasteiger partial charge in [0.25, 0.3) is 0 Å². The van der Waals surface area contributed by atoms with E-state index < -0.39 is 5.97 Å². The SMILES string of the molecule is Cc1cc(C)cc(COc2cnccc2C(=O)O)c1. The summed E-state index contributed by atoms with van der Waals surface area (Å²) < 4.78 is 5.55. The van der Waals surface area contributed by atoms with Gasteiger partial charge in [0.1, 0.15) is 12.2 Å². The van der Waals surface area contributed by atoms with Gasteiger partial charge in [0.05, 0.1) is 6.20 Å². The van der Waals surface area contributed by atoms with Gasteiger partial charge in [-0.1, -0.05) is 29.3 Å². The van der Waals surface area contributed by atoms with Crippen LogP contribution in [0.3, 0.4) is 0 Å². The molecule has 0 atom stereocenters. The van der Waals surface area contributed by atoms with Crippen LogP contribution in [0.1, 0.15) is 27.0 Å². The monoisotopic (exact) mass is 257 g/mol. The van der Waals surface area contributed by atoms with E-state index in [1.54, 1.807) is 0 Å². The summed E-state index contributed by atoms with van der Waals surface area (Å²) in [5.74, 6) is -0.730. The van der Waals surface area contributed by atoms with Gasteiger partial charge in [-0.3, -0.25) is 4.98 Å². The normalized spacial score (nSPS) is 10.2. The van der Waals surface area contributed by atoms with Crippen LogP contribution >= 0.6 is 0 Å². The molecule has 0 unspecified atom stereocenters. The first-order valence-electron chi connectivity index (χ1n) is 5.93. The first-order valence-corrected chi connectivity index (χ1v) is 5.93. The van der Waals surface area contributed by atoms with Crippen molar-refractivity contribution in [3.05, 3.63) is 58.9 Å². The zero-order valence-electron chi connectivity index (χ0n) is 10.9. The van der Waals surface area contributed by atoms with Crippen molar-refractivity contribution < 1.29 is 14.6 Å². The minimum absolute atomic E-state index is 0.124. The number of aromatic nitrogens is 1. The maximum absolute atomic E-state index is 11.0. The van der Waals surface area contributed by atoms with Crippen molar-refractivity contribution >= 4 is 5.97 Å². The Morgan fingerprint density at radius 3 is 2.58 bits per heavy atom. The first-order chi connectivity index (χ1) is 9.06. The smallest absolute Gasteiger partial charge is 0.339 e. The van der Waals surface area contributed by atoms with E-state index in [9.17, 15) is 4.79 Å². The summed E-state index contributed by atoms with van der Waals surface area (Å²) in [6, 6.07) is 7.54. The second-order valence-corrected chi connectivity index (χ2v) is 4.46. The topological polar surface area (TPSA) is 59.4 Å². The van der Waals surface area contributed by atoms with E-state index in [0.717, 1.165) is 16.7 Å². The summed E-state index contributed by atoms with van der Waals surface area (Å²) in [5.41, 5.74) is 3.45. The minimum Gasteiger partial charge on any atom is -0.486 e. The lowest BCUT2D eigenvalue weighted by atomic mass is 10.1. The fourth-order valence-corrected chi connectivity index (χ4v) is 1.99. The molecule has 0 spiro atoms. The van der Waals surface area contributed by atoms with E-state index in [-0.39, 0.29) is 11.3 Å². The summed E-state index contributed by atoms with van der Waals surface area (Å²) in [5, 5.41) is 9.04. The highest BCUT2D eigenvalue weighted by Crippen LogP contribution is 2.18. The molecule has 0 fully saturated rings. The van der Waals surface area contributed by atoms with Gasteiger partial charge < -0.3 is 9.84 Å². The molecule has 0 aliphatic carbocycles. The zero-order chi connectivity index (χ0) is 13.8. The molecule has 0 saturated heterocycles. The van der Waals surface area contributed by atoms with Crippen LogP contribution in [0, 0.1) is 13.8 Å². The van der Waals surface area contributed by atoms with E-state index in [1.807, 2.05) is 26.0 Å². The lowest BCUT2D eigenvalue weighted by Crippen LogP contribution is -2.04. The van der Waals surface area contributed by atoms with E-state index in [4.69, 9.17) is 9.84 Å². The maximum atomic E-state index is 11.0. The lowest BCUT2D eigenvalue weighted by Gasteiger charge is -2.09. The van der Waals surface area contributed by atoms with E-state index >= 15 is 0 Å². The number of hydrogen-bond donors (Lipinski definition) is 1. The van der Waals surface area contributed by atoms with Crippen molar-refractivity contribution in [2.24, 2.45) is 0 Å². The van der Waals surface area contributed by atoms with Crippen LogP contribution < -0.4 is 4.74 Å². The van der Waals surface area contributed by atoms with Crippen molar-refractivity contribution in [2.75, 3.05) is 0 Å². The van der Waals surface area contributed by atoms with Crippen LogP contribution in [0.2, 0.25) is 0 Å². The molecule has 0 aliphatic heterocycles. The average molecular weight is 257 g/mol. The molecule has 2 aromatic rings. The number of carbonyl (C=O) groups is 1. The average Bonchev–Trinajstić information content (AvgIpc) is 2.35. The molecule has 0 bridgehead atoms. The fourth-order valence-electron chi connectivity index (χ4n) is 1.99. The molecular weight excluding hydrogens is 242 g/mol. The predicted molar refractivity (Wildman–Crippen MR) is 71.4 cm³/mol. The van der Waals surface area contributed by atoms with E-state index in [0.29, 0.717) is 6.61 Å². The van der Waals surface area contributed by atoms with Gasteiger partial charge in [0, 0.05) is 6.20 Å². The molecule has 0 radical (unpaired) electrons.